The van der Waals surface area contributed by atoms with E-state index in [4.69, 9.17) is 9.47 Å². The van der Waals surface area contributed by atoms with E-state index < -0.39 is 17.7 Å². The normalized spacial score (nSPS) is 14.8. The zero-order chi connectivity index (χ0) is 22.5. The lowest BCUT2D eigenvalue weighted by molar-refractivity contribution is -0.144. The van der Waals surface area contributed by atoms with Crippen molar-refractivity contribution in [3.63, 3.8) is 0 Å². The van der Waals surface area contributed by atoms with Crippen LogP contribution in [0.1, 0.15) is 59.2 Å². The van der Waals surface area contributed by atoms with Crippen LogP contribution in [0, 0.1) is 5.92 Å². The fourth-order valence-corrected chi connectivity index (χ4v) is 3.34. The molecule has 1 aromatic rings. The first-order valence-electron chi connectivity index (χ1n) is 10.5. The molecular formula is C21H34N4O5. The van der Waals surface area contributed by atoms with Crippen molar-refractivity contribution in [2.45, 2.75) is 79.1 Å². The van der Waals surface area contributed by atoms with Gasteiger partial charge < -0.3 is 19.7 Å². The van der Waals surface area contributed by atoms with Crippen molar-refractivity contribution in [2.24, 2.45) is 5.92 Å². The maximum absolute atomic E-state index is 13.2. The Morgan fingerprint density at radius 1 is 1.27 bits per heavy atom. The summed E-state index contributed by atoms with van der Waals surface area (Å²) in [5, 5.41) is 7.17. The van der Waals surface area contributed by atoms with Crippen LogP contribution in [0.15, 0.2) is 6.20 Å². The Hall–Kier alpha value is -2.58. The number of amides is 2. The van der Waals surface area contributed by atoms with Gasteiger partial charge in [-0.15, -0.1) is 0 Å². The Kier molecular flexibility index (Phi) is 7.86. The third-order valence-electron chi connectivity index (χ3n) is 4.51. The van der Waals surface area contributed by atoms with Crippen LogP contribution < -0.4 is 5.32 Å². The van der Waals surface area contributed by atoms with Crippen LogP contribution in [0.3, 0.4) is 0 Å². The molecule has 0 saturated heterocycles. The molecule has 30 heavy (non-hydrogen) atoms. The maximum atomic E-state index is 13.2. The molecule has 0 unspecified atom stereocenters. The van der Waals surface area contributed by atoms with E-state index in [-0.39, 0.29) is 24.3 Å². The van der Waals surface area contributed by atoms with Gasteiger partial charge in [0.2, 0.25) is 5.91 Å². The van der Waals surface area contributed by atoms with E-state index in [0.717, 1.165) is 11.3 Å². The molecule has 2 heterocycles. The fourth-order valence-electron chi connectivity index (χ4n) is 3.34. The van der Waals surface area contributed by atoms with E-state index in [9.17, 15) is 14.4 Å². The topological polar surface area (TPSA) is 103 Å². The predicted molar refractivity (Wildman–Crippen MR) is 111 cm³/mol. The number of ether oxygens (including phenoxy) is 2. The molecule has 1 aliphatic rings. The van der Waals surface area contributed by atoms with Crippen LogP contribution in [0.5, 0.6) is 0 Å². The second-order valence-corrected chi connectivity index (χ2v) is 8.94. The van der Waals surface area contributed by atoms with E-state index in [2.05, 4.69) is 10.4 Å². The van der Waals surface area contributed by atoms with E-state index in [1.54, 1.807) is 43.5 Å². The molecule has 0 radical (unpaired) electrons. The van der Waals surface area contributed by atoms with Crippen molar-refractivity contribution < 1.29 is 23.9 Å². The third kappa shape index (κ3) is 7.03. The van der Waals surface area contributed by atoms with Crippen molar-refractivity contribution >= 4 is 18.0 Å². The Bertz CT molecular complexity index is 766. The van der Waals surface area contributed by atoms with Crippen LogP contribution in [0.2, 0.25) is 0 Å². The second kappa shape index (κ2) is 9.95. The molecule has 0 saturated carbocycles. The van der Waals surface area contributed by atoms with Crippen molar-refractivity contribution in [1.29, 1.82) is 0 Å². The Labute approximate surface area is 178 Å². The van der Waals surface area contributed by atoms with Gasteiger partial charge in [0.1, 0.15) is 18.2 Å². The summed E-state index contributed by atoms with van der Waals surface area (Å²) in [4.78, 5) is 38.8. The largest absolute Gasteiger partial charge is 0.465 e. The molecule has 0 fully saturated rings. The van der Waals surface area contributed by atoms with Gasteiger partial charge in [-0.3, -0.25) is 14.3 Å². The summed E-state index contributed by atoms with van der Waals surface area (Å²) in [5.74, 6) is -0.260. The molecule has 0 aliphatic carbocycles. The van der Waals surface area contributed by atoms with E-state index in [1.165, 1.54) is 0 Å². The van der Waals surface area contributed by atoms with Crippen LogP contribution in [0.25, 0.3) is 0 Å². The van der Waals surface area contributed by atoms with Crippen molar-refractivity contribution in [1.82, 2.24) is 20.0 Å². The highest BCUT2D eigenvalue weighted by molar-refractivity contribution is 5.86. The molecule has 2 rings (SSSR count). The van der Waals surface area contributed by atoms with E-state index >= 15 is 0 Å². The average Bonchev–Trinajstić information content (AvgIpc) is 2.99. The highest BCUT2D eigenvalue weighted by atomic mass is 16.6. The molecule has 1 aromatic heterocycles. The number of esters is 1. The number of hydrogen-bond acceptors (Lipinski definition) is 6. The van der Waals surface area contributed by atoms with Gasteiger partial charge in [-0.2, -0.15) is 5.10 Å². The third-order valence-corrected chi connectivity index (χ3v) is 4.51. The molecule has 1 aliphatic heterocycles. The lowest BCUT2D eigenvalue weighted by Crippen LogP contribution is -2.51. The number of alkyl carbamates (subject to hydrolysis) is 1. The minimum atomic E-state index is -0.657. The smallest absolute Gasteiger partial charge is 0.408 e. The summed E-state index contributed by atoms with van der Waals surface area (Å²) in [6.45, 7) is 12.4. The highest BCUT2D eigenvalue weighted by Crippen LogP contribution is 2.20. The molecule has 9 nitrogen and oxygen atoms in total. The van der Waals surface area contributed by atoms with Gasteiger partial charge >= 0.3 is 12.1 Å². The van der Waals surface area contributed by atoms with Crippen molar-refractivity contribution in [2.75, 3.05) is 13.2 Å². The van der Waals surface area contributed by atoms with E-state index in [0.29, 0.717) is 32.5 Å². The molecule has 0 bridgehead atoms. The summed E-state index contributed by atoms with van der Waals surface area (Å²) >= 11 is 0. The van der Waals surface area contributed by atoms with Gasteiger partial charge in [-0.25, -0.2) is 4.79 Å². The van der Waals surface area contributed by atoms with Gasteiger partial charge in [-0.1, -0.05) is 13.8 Å². The summed E-state index contributed by atoms with van der Waals surface area (Å²) in [7, 11) is 0. The number of carbonyl (C=O) groups excluding carboxylic acids is 3. The Morgan fingerprint density at radius 2 is 1.97 bits per heavy atom. The predicted octanol–water partition coefficient (Wildman–Crippen LogP) is 2.27. The average molecular weight is 423 g/mol. The van der Waals surface area contributed by atoms with E-state index in [1.807, 2.05) is 13.8 Å². The summed E-state index contributed by atoms with van der Waals surface area (Å²) < 4.78 is 11.8. The summed E-state index contributed by atoms with van der Waals surface area (Å²) in [5.41, 5.74) is 1.14. The van der Waals surface area contributed by atoms with Crippen molar-refractivity contribution in [3.8, 4) is 0 Å². The molecule has 9 heteroatoms. The minimum absolute atomic E-state index is 0.0466. The SMILES string of the molecule is CCOC(=O)Cn1cc2c(n1)CCN(C(=O)[C@H](CC(C)C)NC(=O)OC(C)(C)C)C2. The molecular weight excluding hydrogens is 388 g/mol. The van der Waals surface area contributed by atoms with Crippen LogP contribution in [-0.2, 0) is 38.6 Å². The quantitative estimate of drug-likeness (QED) is 0.676. The van der Waals surface area contributed by atoms with Crippen LogP contribution in [-0.4, -0.2) is 57.4 Å². The highest BCUT2D eigenvalue weighted by Gasteiger charge is 2.31. The number of nitrogens with zero attached hydrogens (tertiary/aromatic N) is 3. The summed E-state index contributed by atoms with van der Waals surface area (Å²) in [6, 6.07) is -0.657. The van der Waals surface area contributed by atoms with Crippen LogP contribution in [0.4, 0.5) is 4.79 Å². The molecule has 0 aromatic carbocycles. The zero-order valence-corrected chi connectivity index (χ0v) is 18.9. The molecule has 0 spiro atoms. The summed E-state index contributed by atoms with van der Waals surface area (Å²) in [6.07, 6.45) is 2.30. The Balaban J connectivity index is 2.06. The molecule has 2 amide bonds. The standard InChI is InChI=1S/C21H34N4O5/c1-7-29-18(26)13-25-12-15-11-24(9-8-16(15)23-25)19(27)17(10-14(2)3)22-20(28)30-21(4,5)6/h12,14,17H,7-11,13H2,1-6H3,(H,22,28)/t17-/m0/s1. The first-order chi connectivity index (χ1) is 14.0. The first kappa shape index (κ1) is 23.7. The zero-order valence-electron chi connectivity index (χ0n) is 18.9. The first-order valence-corrected chi connectivity index (χ1v) is 10.5. The Morgan fingerprint density at radius 3 is 2.57 bits per heavy atom. The number of rotatable bonds is 7. The van der Waals surface area contributed by atoms with Gasteiger partial charge in [0.15, 0.2) is 0 Å². The number of nitrogens with one attached hydrogen (secondary N) is 1. The monoisotopic (exact) mass is 422 g/mol. The number of hydrogen-bond donors (Lipinski definition) is 1. The molecule has 1 atom stereocenters. The minimum Gasteiger partial charge on any atom is -0.465 e. The van der Waals surface area contributed by atoms with Crippen molar-refractivity contribution in [3.05, 3.63) is 17.5 Å². The lowest BCUT2D eigenvalue weighted by atomic mass is 10.0. The number of aromatic nitrogens is 2. The number of fused-ring (bicyclic) bond motifs is 1. The van der Waals surface area contributed by atoms with Crippen LogP contribution >= 0.6 is 0 Å². The molecule has 168 valence electrons. The number of carbonyl (C=O) groups is 3. The van der Waals surface area contributed by atoms with Gasteiger partial charge in [0.05, 0.1) is 12.3 Å². The maximum Gasteiger partial charge on any atom is 0.408 e. The van der Waals surface area contributed by atoms with Gasteiger partial charge in [0.25, 0.3) is 0 Å². The fraction of sp³-hybridized carbons (Fsp3) is 0.714. The second-order valence-electron chi connectivity index (χ2n) is 8.94. The van der Waals surface area contributed by atoms with Gasteiger partial charge in [-0.05, 0) is 40.0 Å². The molecule has 1 N–H and O–H groups in total. The lowest BCUT2D eigenvalue weighted by Gasteiger charge is -2.31. The van der Waals surface area contributed by atoms with Gasteiger partial charge in [0, 0.05) is 31.3 Å².